The molecule has 19 heavy (non-hydrogen) atoms. The van der Waals surface area contributed by atoms with Crippen molar-refractivity contribution in [2.75, 3.05) is 12.3 Å². The summed E-state index contributed by atoms with van der Waals surface area (Å²) in [6.45, 7) is 2.54. The van der Waals surface area contributed by atoms with Crippen LogP contribution in [0.3, 0.4) is 0 Å². The monoisotopic (exact) mass is 280 g/mol. The third-order valence-electron chi connectivity index (χ3n) is 2.52. The number of nitrogens with two attached hydrogens (primary N) is 1. The Labute approximate surface area is 115 Å². The van der Waals surface area contributed by atoms with Crippen LogP contribution in [0.15, 0.2) is 16.0 Å². The van der Waals surface area contributed by atoms with Gasteiger partial charge in [-0.3, -0.25) is 4.79 Å². The van der Waals surface area contributed by atoms with Crippen LogP contribution in [0.25, 0.3) is 0 Å². The standard InChI is InChI=1S/C12H16N4O2S/c1-2-3-9-6-10(16-18-9)11(17)14-5-4-8-7-19-12(13)15-8/h6-7H,2-5H2,1H3,(H2,13,15)(H,14,17). The van der Waals surface area contributed by atoms with Gasteiger partial charge in [0.2, 0.25) is 0 Å². The van der Waals surface area contributed by atoms with Crippen molar-refractivity contribution < 1.29 is 9.32 Å². The number of aryl methyl sites for hydroxylation is 1. The molecule has 0 aliphatic carbocycles. The van der Waals surface area contributed by atoms with E-state index in [2.05, 4.69) is 15.5 Å². The average molecular weight is 280 g/mol. The minimum Gasteiger partial charge on any atom is -0.375 e. The second-order valence-electron chi connectivity index (χ2n) is 4.11. The highest BCUT2D eigenvalue weighted by Crippen LogP contribution is 2.11. The third-order valence-corrected chi connectivity index (χ3v) is 3.25. The topological polar surface area (TPSA) is 94.0 Å². The van der Waals surface area contributed by atoms with Gasteiger partial charge in [-0.05, 0) is 6.42 Å². The summed E-state index contributed by atoms with van der Waals surface area (Å²) in [5.74, 6) is 0.509. The number of thiazole rings is 1. The number of carbonyl (C=O) groups excluding carboxylic acids is 1. The van der Waals surface area contributed by atoms with Gasteiger partial charge in [0.15, 0.2) is 10.8 Å². The summed E-state index contributed by atoms with van der Waals surface area (Å²) in [7, 11) is 0. The van der Waals surface area contributed by atoms with Gasteiger partial charge in [0.25, 0.3) is 5.91 Å². The zero-order chi connectivity index (χ0) is 13.7. The highest BCUT2D eigenvalue weighted by Gasteiger charge is 2.11. The fourth-order valence-electron chi connectivity index (χ4n) is 1.62. The molecule has 0 radical (unpaired) electrons. The molecule has 0 saturated carbocycles. The molecule has 0 bridgehead atoms. The predicted molar refractivity (Wildman–Crippen MR) is 73.1 cm³/mol. The molecule has 2 aromatic heterocycles. The quantitative estimate of drug-likeness (QED) is 0.839. The molecule has 0 aliphatic heterocycles. The van der Waals surface area contributed by atoms with Gasteiger partial charge in [0.05, 0.1) is 5.69 Å². The molecule has 0 fully saturated rings. The molecule has 0 saturated heterocycles. The molecule has 2 rings (SSSR count). The first-order chi connectivity index (χ1) is 9.19. The number of hydrogen-bond acceptors (Lipinski definition) is 6. The maximum Gasteiger partial charge on any atom is 0.273 e. The molecule has 102 valence electrons. The largest absolute Gasteiger partial charge is 0.375 e. The van der Waals surface area contributed by atoms with E-state index in [1.807, 2.05) is 12.3 Å². The second-order valence-corrected chi connectivity index (χ2v) is 5.00. The normalized spacial score (nSPS) is 10.6. The predicted octanol–water partition coefficient (Wildman–Crippen LogP) is 1.64. The van der Waals surface area contributed by atoms with Gasteiger partial charge in [0.1, 0.15) is 5.76 Å². The molecule has 6 nitrogen and oxygen atoms in total. The summed E-state index contributed by atoms with van der Waals surface area (Å²) in [4.78, 5) is 15.9. The van der Waals surface area contributed by atoms with Crippen LogP contribution in [-0.4, -0.2) is 22.6 Å². The Hall–Kier alpha value is -1.89. The lowest BCUT2D eigenvalue weighted by molar-refractivity contribution is 0.0945. The number of amides is 1. The Morgan fingerprint density at radius 1 is 1.53 bits per heavy atom. The van der Waals surface area contributed by atoms with Gasteiger partial charge in [-0.15, -0.1) is 11.3 Å². The third kappa shape index (κ3) is 3.78. The van der Waals surface area contributed by atoms with Gasteiger partial charge in [-0.1, -0.05) is 12.1 Å². The molecule has 0 unspecified atom stereocenters. The summed E-state index contributed by atoms with van der Waals surface area (Å²) < 4.78 is 5.06. The molecule has 0 spiro atoms. The minimum absolute atomic E-state index is 0.227. The van der Waals surface area contributed by atoms with Gasteiger partial charge in [-0.25, -0.2) is 4.98 Å². The van der Waals surface area contributed by atoms with E-state index < -0.39 is 0 Å². The SMILES string of the molecule is CCCc1cc(C(=O)NCCc2csc(N)n2)no1. The molecule has 7 heteroatoms. The van der Waals surface area contributed by atoms with Crippen LogP contribution in [-0.2, 0) is 12.8 Å². The molecule has 0 aliphatic rings. The van der Waals surface area contributed by atoms with E-state index >= 15 is 0 Å². The van der Waals surface area contributed by atoms with Crippen molar-refractivity contribution in [3.63, 3.8) is 0 Å². The van der Waals surface area contributed by atoms with Crippen LogP contribution in [0, 0.1) is 0 Å². The molecule has 1 amide bonds. The number of hydrogen-bond donors (Lipinski definition) is 2. The fourth-order valence-corrected chi connectivity index (χ4v) is 2.21. The number of nitrogen functional groups attached to an aromatic ring is 1. The average Bonchev–Trinajstić information content (AvgIpc) is 2.99. The van der Waals surface area contributed by atoms with E-state index in [1.165, 1.54) is 11.3 Å². The number of nitrogens with one attached hydrogen (secondary N) is 1. The zero-order valence-corrected chi connectivity index (χ0v) is 11.5. The van der Waals surface area contributed by atoms with Crippen LogP contribution in [0.5, 0.6) is 0 Å². The summed E-state index contributed by atoms with van der Waals surface area (Å²) >= 11 is 1.40. The number of carbonyl (C=O) groups is 1. The van der Waals surface area contributed by atoms with Gasteiger partial charge in [-0.2, -0.15) is 0 Å². The first kappa shape index (κ1) is 13.5. The number of aromatic nitrogens is 2. The molecular weight excluding hydrogens is 264 g/mol. The van der Waals surface area contributed by atoms with E-state index in [4.69, 9.17) is 10.3 Å². The first-order valence-corrected chi connectivity index (χ1v) is 7.00. The molecule has 2 aromatic rings. The lowest BCUT2D eigenvalue weighted by Crippen LogP contribution is -2.26. The lowest BCUT2D eigenvalue weighted by Gasteiger charge is -2.00. The van der Waals surface area contributed by atoms with Gasteiger partial charge >= 0.3 is 0 Å². The van der Waals surface area contributed by atoms with E-state index in [0.29, 0.717) is 23.8 Å². The van der Waals surface area contributed by atoms with Crippen LogP contribution in [0.2, 0.25) is 0 Å². The summed E-state index contributed by atoms with van der Waals surface area (Å²) in [5.41, 5.74) is 6.73. The number of anilines is 1. The molecule has 2 heterocycles. The van der Waals surface area contributed by atoms with Crippen LogP contribution < -0.4 is 11.1 Å². The summed E-state index contributed by atoms with van der Waals surface area (Å²) in [6, 6.07) is 1.68. The summed E-state index contributed by atoms with van der Waals surface area (Å²) in [6.07, 6.45) is 2.40. The van der Waals surface area contributed by atoms with Crippen LogP contribution >= 0.6 is 11.3 Å². The van der Waals surface area contributed by atoms with E-state index in [1.54, 1.807) is 6.07 Å². The Morgan fingerprint density at radius 3 is 3.05 bits per heavy atom. The maximum atomic E-state index is 11.8. The molecule has 0 atom stereocenters. The molecule has 0 aromatic carbocycles. The van der Waals surface area contributed by atoms with E-state index in [0.717, 1.165) is 24.3 Å². The van der Waals surface area contributed by atoms with Crippen molar-refractivity contribution in [1.82, 2.24) is 15.5 Å². The van der Waals surface area contributed by atoms with Crippen molar-refractivity contribution in [3.8, 4) is 0 Å². The Bertz CT molecular complexity index is 549. The molecular formula is C12H16N4O2S. The second kappa shape index (κ2) is 6.33. The van der Waals surface area contributed by atoms with E-state index in [9.17, 15) is 4.79 Å². The Morgan fingerprint density at radius 2 is 2.37 bits per heavy atom. The Balaban J connectivity index is 1.80. The van der Waals surface area contributed by atoms with Gasteiger partial charge in [0, 0.05) is 30.8 Å². The lowest BCUT2D eigenvalue weighted by atomic mass is 10.2. The van der Waals surface area contributed by atoms with Crippen molar-refractivity contribution in [2.45, 2.75) is 26.2 Å². The van der Waals surface area contributed by atoms with E-state index in [-0.39, 0.29) is 5.91 Å². The van der Waals surface area contributed by atoms with Crippen LogP contribution in [0.1, 0.15) is 35.3 Å². The zero-order valence-electron chi connectivity index (χ0n) is 10.7. The smallest absolute Gasteiger partial charge is 0.273 e. The van der Waals surface area contributed by atoms with Crippen molar-refractivity contribution in [3.05, 3.63) is 28.6 Å². The van der Waals surface area contributed by atoms with Gasteiger partial charge < -0.3 is 15.6 Å². The highest BCUT2D eigenvalue weighted by molar-refractivity contribution is 7.13. The summed E-state index contributed by atoms with van der Waals surface area (Å²) in [5, 5.41) is 8.95. The number of rotatable bonds is 6. The first-order valence-electron chi connectivity index (χ1n) is 6.12. The fraction of sp³-hybridized carbons (Fsp3) is 0.417. The number of nitrogens with zero attached hydrogens (tertiary/aromatic N) is 2. The minimum atomic E-state index is -0.227. The van der Waals surface area contributed by atoms with Crippen molar-refractivity contribution in [1.29, 1.82) is 0 Å². The highest BCUT2D eigenvalue weighted by atomic mass is 32.1. The van der Waals surface area contributed by atoms with Crippen molar-refractivity contribution >= 4 is 22.4 Å². The van der Waals surface area contributed by atoms with Crippen molar-refractivity contribution in [2.24, 2.45) is 0 Å². The van der Waals surface area contributed by atoms with Crippen LogP contribution in [0.4, 0.5) is 5.13 Å². The maximum absolute atomic E-state index is 11.8. The Kier molecular flexibility index (Phi) is 4.51. The molecule has 3 N–H and O–H groups in total.